The first-order valence-electron chi connectivity index (χ1n) is 4.75. The smallest absolute Gasteiger partial charge is 0.323 e. The summed E-state index contributed by atoms with van der Waals surface area (Å²) < 4.78 is 0. The summed E-state index contributed by atoms with van der Waals surface area (Å²) in [6.45, 7) is 2.51. The molecular formula is C10H16N2O3. The van der Waals surface area contributed by atoms with Crippen LogP contribution in [0.1, 0.15) is 13.3 Å². The number of carboxylic acids is 1. The number of aliphatic carboxylic acids is 1. The molecule has 0 saturated carbocycles. The van der Waals surface area contributed by atoms with Crippen molar-refractivity contribution in [2.45, 2.75) is 13.3 Å². The van der Waals surface area contributed by atoms with Crippen molar-refractivity contribution in [3.05, 3.63) is 0 Å². The molecule has 0 aliphatic carbocycles. The van der Waals surface area contributed by atoms with E-state index in [0.29, 0.717) is 0 Å². The number of nitrogens with one attached hydrogen (secondary N) is 1. The van der Waals surface area contributed by atoms with E-state index in [1.54, 1.807) is 0 Å². The number of hydrogen-bond donors (Lipinski definition) is 2. The molecule has 0 bridgehead atoms. The lowest BCUT2D eigenvalue weighted by molar-refractivity contribution is -0.143. The van der Waals surface area contributed by atoms with Crippen molar-refractivity contribution in [1.29, 1.82) is 0 Å². The van der Waals surface area contributed by atoms with Gasteiger partial charge in [-0.2, -0.15) is 0 Å². The van der Waals surface area contributed by atoms with E-state index in [9.17, 15) is 9.59 Å². The first kappa shape index (κ1) is 13.5. The second kappa shape index (κ2) is 7.83. The Labute approximate surface area is 89.4 Å². The van der Waals surface area contributed by atoms with E-state index in [1.807, 2.05) is 6.92 Å². The summed E-state index contributed by atoms with van der Waals surface area (Å²) >= 11 is 0. The molecule has 0 fully saturated rings. The quantitative estimate of drug-likeness (QED) is 0.442. The van der Waals surface area contributed by atoms with E-state index in [1.165, 1.54) is 0 Å². The van der Waals surface area contributed by atoms with Crippen LogP contribution < -0.4 is 5.32 Å². The lowest BCUT2D eigenvalue weighted by Gasteiger charge is -2.17. The zero-order valence-corrected chi connectivity index (χ0v) is 8.82. The normalized spacial score (nSPS) is 9.33. The molecule has 0 unspecified atom stereocenters. The van der Waals surface area contributed by atoms with Gasteiger partial charge in [0.15, 0.2) is 0 Å². The van der Waals surface area contributed by atoms with Crippen LogP contribution in [-0.2, 0) is 9.59 Å². The Balaban J connectivity index is 4.05. The number of rotatable bonds is 7. The summed E-state index contributed by atoms with van der Waals surface area (Å²) in [7, 11) is 0. The number of amides is 1. The molecule has 15 heavy (non-hydrogen) atoms. The fourth-order valence-corrected chi connectivity index (χ4v) is 0.990. The minimum Gasteiger partial charge on any atom is -0.480 e. The van der Waals surface area contributed by atoms with Crippen LogP contribution in [0.5, 0.6) is 0 Å². The Kier molecular flexibility index (Phi) is 7.02. The molecule has 0 radical (unpaired) electrons. The highest BCUT2D eigenvalue weighted by molar-refractivity contribution is 5.82. The number of carboxylic acid groups (broad SMARTS) is 1. The number of hydrogen-bond acceptors (Lipinski definition) is 3. The minimum atomic E-state index is -1.06. The Hall–Kier alpha value is -1.54. The molecular weight excluding hydrogens is 196 g/mol. The zero-order valence-electron chi connectivity index (χ0n) is 8.82. The van der Waals surface area contributed by atoms with Crippen molar-refractivity contribution in [3.63, 3.8) is 0 Å². The summed E-state index contributed by atoms with van der Waals surface area (Å²) in [5.41, 5.74) is 0. The van der Waals surface area contributed by atoms with Gasteiger partial charge in [0, 0.05) is 0 Å². The maximum absolute atomic E-state index is 11.4. The molecule has 1 amide bonds. The molecule has 0 rings (SSSR count). The predicted octanol–water partition coefficient (Wildman–Crippen LogP) is -0.468. The largest absolute Gasteiger partial charge is 0.480 e. The molecule has 5 heteroatoms. The third kappa shape index (κ3) is 6.52. The summed E-state index contributed by atoms with van der Waals surface area (Å²) in [6.07, 6.45) is 5.96. The van der Waals surface area contributed by atoms with Crippen molar-refractivity contribution in [2.24, 2.45) is 0 Å². The van der Waals surface area contributed by atoms with Crippen LogP contribution in [-0.4, -0.2) is 48.1 Å². The molecule has 0 atom stereocenters. The highest BCUT2D eigenvalue weighted by Crippen LogP contribution is 1.88. The molecule has 0 aromatic heterocycles. The van der Waals surface area contributed by atoms with Gasteiger partial charge in [0.25, 0.3) is 0 Å². The third-order valence-corrected chi connectivity index (χ3v) is 1.66. The molecule has 0 spiro atoms. The van der Waals surface area contributed by atoms with Crippen LogP contribution in [0.4, 0.5) is 0 Å². The van der Waals surface area contributed by atoms with Gasteiger partial charge in [-0.05, 0) is 13.0 Å². The van der Waals surface area contributed by atoms with Crippen LogP contribution >= 0.6 is 0 Å². The van der Waals surface area contributed by atoms with E-state index in [2.05, 4.69) is 11.2 Å². The molecule has 0 aliphatic heterocycles. The lowest BCUT2D eigenvalue weighted by Crippen LogP contribution is -2.41. The molecule has 0 aromatic rings. The lowest BCUT2D eigenvalue weighted by atomic mass is 10.4. The molecule has 84 valence electrons. The maximum atomic E-state index is 11.4. The standard InChI is InChI=1S/C10H16N2O3/c1-3-5-11-7-9(13)12(6-4-2)8-10(14)15/h2,11H,3,5-8H2,1H3,(H,14,15). The van der Waals surface area contributed by atoms with E-state index >= 15 is 0 Å². The Morgan fingerprint density at radius 1 is 1.53 bits per heavy atom. The third-order valence-electron chi connectivity index (χ3n) is 1.66. The topological polar surface area (TPSA) is 69.6 Å². The monoisotopic (exact) mass is 212 g/mol. The average molecular weight is 212 g/mol. The van der Waals surface area contributed by atoms with Crippen molar-refractivity contribution >= 4 is 11.9 Å². The van der Waals surface area contributed by atoms with Crippen molar-refractivity contribution in [3.8, 4) is 12.3 Å². The molecule has 0 aliphatic rings. The van der Waals surface area contributed by atoms with E-state index in [4.69, 9.17) is 11.5 Å². The number of carbonyl (C=O) groups excluding carboxylic acids is 1. The number of nitrogens with zero attached hydrogens (tertiary/aromatic N) is 1. The van der Waals surface area contributed by atoms with E-state index in [-0.39, 0.29) is 25.5 Å². The molecule has 0 heterocycles. The van der Waals surface area contributed by atoms with Crippen molar-refractivity contribution in [1.82, 2.24) is 10.2 Å². The SMILES string of the molecule is C#CCN(CC(=O)O)C(=O)CNCCC. The van der Waals surface area contributed by atoms with E-state index in [0.717, 1.165) is 17.9 Å². The summed E-state index contributed by atoms with van der Waals surface area (Å²) in [4.78, 5) is 23.0. The average Bonchev–Trinajstić information content (AvgIpc) is 2.17. The van der Waals surface area contributed by atoms with Gasteiger partial charge >= 0.3 is 5.97 Å². The van der Waals surface area contributed by atoms with Gasteiger partial charge in [0.1, 0.15) is 6.54 Å². The van der Waals surface area contributed by atoms with Crippen LogP contribution in [0.25, 0.3) is 0 Å². The Morgan fingerprint density at radius 3 is 2.67 bits per heavy atom. The van der Waals surface area contributed by atoms with Crippen LogP contribution in [0.3, 0.4) is 0 Å². The van der Waals surface area contributed by atoms with Gasteiger partial charge in [-0.3, -0.25) is 9.59 Å². The van der Waals surface area contributed by atoms with Gasteiger partial charge in [-0.1, -0.05) is 12.8 Å². The Morgan fingerprint density at radius 2 is 2.20 bits per heavy atom. The fourth-order valence-electron chi connectivity index (χ4n) is 0.990. The van der Waals surface area contributed by atoms with Crippen molar-refractivity contribution < 1.29 is 14.7 Å². The van der Waals surface area contributed by atoms with Gasteiger partial charge < -0.3 is 15.3 Å². The predicted molar refractivity (Wildman–Crippen MR) is 56.2 cm³/mol. The fraction of sp³-hybridized carbons (Fsp3) is 0.600. The second-order valence-corrected chi connectivity index (χ2v) is 3.02. The maximum Gasteiger partial charge on any atom is 0.323 e. The zero-order chi connectivity index (χ0) is 11.7. The molecule has 0 saturated heterocycles. The highest BCUT2D eigenvalue weighted by atomic mass is 16.4. The first-order chi connectivity index (χ1) is 7.11. The highest BCUT2D eigenvalue weighted by Gasteiger charge is 2.14. The van der Waals surface area contributed by atoms with Gasteiger partial charge in [0.2, 0.25) is 5.91 Å². The van der Waals surface area contributed by atoms with Gasteiger partial charge in [-0.15, -0.1) is 6.42 Å². The van der Waals surface area contributed by atoms with Gasteiger partial charge in [-0.25, -0.2) is 0 Å². The first-order valence-corrected chi connectivity index (χ1v) is 4.75. The minimum absolute atomic E-state index is 0.0267. The number of terminal acetylenes is 1. The summed E-state index contributed by atoms with van der Waals surface area (Å²) in [5, 5.41) is 11.4. The second-order valence-electron chi connectivity index (χ2n) is 3.02. The van der Waals surface area contributed by atoms with Gasteiger partial charge in [0.05, 0.1) is 13.1 Å². The van der Waals surface area contributed by atoms with Crippen LogP contribution in [0, 0.1) is 12.3 Å². The van der Waals surface area contributed by atoms with Crippen molar-refractivity contribution in [2.75, 3.05) is 26.2 Å². The van der Waals surface area contributed by atoms with Crippen LogP contribution in [0.2, 0.25) is 0 Å². The number of carbonyl (C=O) groups is 2. The molecule has 2 N–H and O–H groups in total. The Bertz CT molecular complexity index is 258. The summed E-state index contributed by atoms with van der Waals surface area (Å²) in [6, 6.07) is 0. The molecule has 0 aromatic carbocycles. The summed E-state index contributed by atoms with van der Waals surface area (Å²) in [5.74, 6) is 0.909. The molecule has 5 nitrogen and oxygen atoms in total. The van der Waals surface area contributed by atoms with Crippen LogP contribution in [0.15, 0.2) is 0 Å². The van der Waals surface area contributed by atoms with E-state index < -0.39 is 5.97 Å².